The Hall–Kier alpha value is -3.41. The first-order valence-corrected chi connectivity index (χ1v) is 8.15. The predicted molar refractivity (Wildman–Crippen MR) is 97.0 cm³/mol. The van der Waals surface area contributed by atoms with Crippen LogP contribution in [0.25, 0.3) is 6.08 Å². The third-order valence-electron chi connectivity index (χ3n) is 3.91. The first-order valence-electron chi connectivity index (χ1n) is 8.15. The lowest BCUT2D eigenvalue weighted by atomic mass is 10.1. The van der Waals surface area contributed by atoms with E-state index in [2.05, 4.69) is 5.10 Å². The molecule has 0 fully saturated rings. The van der Waals surface area contributed by atoms with E-state index >= 15 is 0 Å². The third kappa shape index (κ3) is 3.49. The van der Waals surface area contributed by atoms with Gasteiger partial charge in [0, 0.05) is 0 Å². The lowest BCUT2D eigenvalue weighted by Gasteiger charge is -2.12. The van der Waals surface area contributed by atoms with E-state index in [0.717, 1.165) is 11.3 Å². The summed E-state index contributed by atoms with van der Waals surface area (Å²) in [4.78, 5) is 23.5. The Morgan fingerprint density at radius 1 is 1.15 bits per heavy atom. The van der Waals surface area contributed by atoms with Crippen LogP contribution in [0, 0.1) is 0 Å². The van der Waals surface area contributed by atoms with E-state index < -0.39 is 5.97 Å². The number of aromatic carboxylic acids is 1. The Labute approximate surface area is 151 Å². The molecule has 3 rings (SSSR count). The maximum atomic E-state index is 12.7. The smallest absolute Gasteiger partial charge is 0.280 e. The summed E-state index contributed by atoms with van der Waals surface area (Å²) in [6, 6.07) is 13.3. The van der Waals surface area contributed by atoms with Crippen molar-refractivity contribution in [2.24, 2.45) is 5.10 Å². The fourth-order valence-corrected chi connectivity index (χ4v) is 2.59. The van der Waals surface area contributed by atoms with Crippen LogP contribution in [0.5, 0.6) is 5.75 Å². The highest BCUT2D eigenvalue weighted by Crippen LogP contribution is 2.25. The molecule has 132 valence electrons. The van der Waals surface area contributed by atoms with Crippen molar-refractivity contribution < 1.29 is 19.4 Å². The number of hydrogen-bond acceptors (Lipinski definition) is 5. The molecule has 0 unspecified atom stereocenters. The number of carboxylic acid groups (broad SMARTS) is 1. The average molecular weight is 349 g/mol. The molecule has 0 atom stereocenters. The molecule has 0 saturated carbocycles. The maximum absolute atomic E-state index is 12.7. The molecular weight excluding hydrogens is 332 g/mol. The van der Waals surface area contributed by atoms with Crippen LogP contribution in [0.4, 0.5) is 5.69 Å². The molecule has 1 aliphatic heterocycles. The van der Waals surface area contributed by atoms with Crippen molar-refractivity contribution in [3.05, 3.63) is 65.2 Å². The average Bonchev–Trinajstić information content (AvgIpc) is 2.92. The number of benzene rings is 2. The second-order valence-electron chi connectivity index (χ2n) is 5.70. The molecule has 0 N–H and O–H groups in total. The van der Waals surface area contributed by atoms with E-state index in [0.29, 0.717) is 23.6 Å². The molecule has 1 heterocycles. The summed E-state index contributed by atoms with van der Waals surface area (Å²) in [5, 5.41) is 16.4. The molecule has 0 spiro atoms. The monoisotopic (exact) mass is 349 g/mol. The second-order valence-corrected chi connectivity index (χ2v) is 5.70. The number of hydrazone groups is 1. The first-order chi connectivity index (χ1) is 12.5. The summed E-state index contributed by atoms with van der Waals surface area (Å²) in [7, 11) is 0. The minimum absolute atomic E-state index is 0.0475. The van der Waals surface area contributed by atoms with Gasteiger partial charge < -0.3 is 14.6 Å². The molecule has 26 heavy (non-hydrogen) atoms. The molecule has 0 aliphatic carbocycles. The van der Waals surface area contributed by atoms with E-state index in [1.54, 1.807) is 13.0 Å². The van der Waals surface area contributed by atoms with Gasteiger partial charge >= 0.3 is 0 Å². The molecule has 0 bridgehead atoms. The molecule has 0 radical (unpaired) electrons. The van der Waals surface area contributed by atoms with Gasteiger partial charge in [0.15, 0.2) is 0 Å². The highest BCUT2D eigenvalue weighted by molar-refractivity contribution is 6.32. The van der Waals surface area contributed by atoms with Crippen molar-refractivity contribution >= 4 is 29.4 Å². The molecule has 2 aromatic rings. The lowest BCUT2D eigenvalue weighted by molar-refractivity contribution is -0.255. The second kappa shape index (κ2) is 7.23. The van der Waals surface area contributed by atoms with E-state index in [9.17, 15) is 14.7 Å². The fraction of sp³-hybridized carbons (Fsp3) is 0.150. The summed E-state index contributed by atoms with van der Waals surface area (Å²) >= 11 is 0. The maximum Gasteiger partial charge on any atom is 0.280 e. The summed E-state index contributed by atoms with van der Waals surface area (Å²) in [5.41, 5.74) is 2.48. The van der Waals surface area contributed by atoms with Crippen LogP contribution in [-0.4, -0.2) is 24.2 Å². The highest BCUT2D eigenvalue weighted by atomic mass is 16.5. The van der Waals surface area contributed by atoms with Gasteiger partial charge in [-0.2, -0.15) is 10.1 Å². The van der Waals surface area contributed by atoms with Crippen LogP contribution in [0.3, 0.4) is 0 Å². The quantitative estimate of drug-likeness (QED) is 0.775. The molecule has 2 aromatic carbocycles. The third-order valence-corrected chi connectivity index (χ3v) is 3.91. The number of anilines is 1. The Balaban J connectivity index is 1.84. The van der Waals surface area contributed by atoms with Crippen LogP contribution in [0.1, 0.15) is 29.8 Å². The van der Waals surface area contributed by atoms with Crippen LogP contribution < -0.4 is 14.9 Å². The summed E-state index contributed by atoms with van der Waals surface area (Å²) in [6.45, 7) is 4.27. The van der Waals surface area contributed by atoms with Gasteiger partial charge in [-0.3, -0.25) is 4.79 Å². The Bertz CT molecular complexity index is 896. The van der Waals surface area contributed by atoms with Crippen molar-refractivity contribution in [3.8, 4) is 5.75 Å². The van der Waals surface area contributed by atoms with Crippen LogP contribution in [0.2, 0.25) is 0 Å². The fourth-order valence-electron chi connectivity index (χ4n) is 2.59. The number of ether oxygens (including phenoxy) is 1. The minimum atomic E-state index is -1.26. The number of carboxylic acids is 1. The van der Waals surface area contributed by atoms with Gasteiger partial charge in [-0.15, -0.1) is 0 Å². The molecule has 6 heteroatoms. The molecule has 0 aromatic heterocycles. The number of carbonyl (C=O) groups excluding carboxylic acids is 2. The Morgan fingerprint density at radius 2 is 1.81 bits per heavy atom. The SMILES string of the molecule is CCOc1ccc(/C=C2\C(=O)N(c3ccc(C(=O)[O-])cc3)N=C2C)cc1. The van der Waals surface area contributed by atoms with Gasteiger partial charge in [-0.1, -0.05) is 24.3 Å². The zero-order chi connectivity index (χ0) is 18.7. The lowest BCUT2D eigenvalue weighted by Crippen LogP contribution is -2.23. The van der Waals surface area contributed by atoms with Crippen molar-refractivity contribution in [1.29, 1.82) is 0 Å². The van der Waals surface area contributed by atoms with Crippen molar-refractivity contribution in [3.63, 3.8) is 0 Å². The molecule has 0 saturated heterocycles. The Morgan fingerprint density at radius 3 is 2.38 bits per heavy atom. The van der Waals surface area contributed by atoms with Gasteiger partial charge in [0.25, 0.3) is 5.91 Å². The summed E-state index contributed by atoms with van der Waals surface area (Å²) in [6.07, 6.45) is 1.77. The minimum Gasteiger partial charge on any atom is -0.545 e. The number of rotatable bonds is 5. The van der Waals surface area contributed by atoms with Crippen molar-refractivity contribution in [2.45, 2.75) is 13.8 Å². The van der Waals surface area contributed by atoms with Gasteiger partial charge in [-0.05, 0) is 55.3 Å². The van der Waals surface area contributed by atoms with E-state index in [4.69, 9.17) is 4.74 Å². The first kappa shape index (κ1) is 17.4. The van der Waals surface area contributed by atoms with Crippen LogP contribution >= 0.6 is 0 Å². The van der Waals surface area contributed by atoms with Crippen molar-refractivity contribution in [2.75, 3.05) is 11.6 Å². The largest absolute Gasteiger partial charge is 0.545 e. The van der Waals surface area contributed by atoms with E-state index in [1.807, 2.05) is 31.2 Å². The van der Waals surface area contributed by atoms with E-state index in [-0.39, 0.29) is 11.5 Å². The summed E-state index contributed by atoms with van der Waals surface area (Å²) in [5.74, 6) is -0.759. The summed E-state index contributed by atoms with van der Waals surface area (Å²) < 4.78 is 5.41. The number of carbonyl (C=O) groups is 2. The molecule has 1 aliphatic rings. The number of amides is 1. The zero-order valence-electron chi connectivity index (χ0n) is 14.4. The van der Waals surface area contributed by atoms with E-state index in [1.165, 1.54) is 29.3 Å². The predicted octanol–water partition coefficient (Wildman–Crippen LogP) is 2.25. The van der Waals surface area contributed by atoms with Gasteiger partial charge in [-0.25, -0.2) is 0 Å². The van der Waals surface area contributed by atoms with Crippen molar-refractivity contribution in [1.82, 2.24) is 0 Å². The molecular formula is C20H17N2O4-. The number of nitrogens with zero attached hydrogens (tertiary/aromatic N) is 2. The van der Waals surface area contributed by atoms with Crippen LogP contribution in [-0.2, 0) is 4.79 Å². The normalized spacial score (nSPS) is 15.3. The number of hydrogen-bond donors (Lipinski definition) is 0. The molecule has 1 amide bonds. The topological polar surface area (TPSA) is 82.0 Å². The van der Waals surface area contributed by atoms with Gasteiger partial charge in [0.1, 0.15) is 5.75 Å². The zero-order valence-corrected chi connectivity index (χ0v) is 14.4. The van der Waals surface area contributed by atoms with Gasteiger partial charge in [0.05, 0.1) is 29.5 Å². The molecule has 6 nitrogen and oxygen atoms in total. The van der Waals surface area contributed by atoms with Crippen LogP contribution in [0.15, 0.2) is 59.2 Å². The highest BCUT2D eigenvalue weighted by Gasteiger charge is 2.28. The standard InChI is InChI=1S/C20H18N2O4/c1-3-26-17-10-4-14(5-11-17)12-18-13(2)21-22(19(18)23)16-8-6-15(7-9-16)20(24)25/h4-12H,3H2,1-2H3,(H,24,25)/p-1/b18-12-. The Kier molecular flexibility index (Phi) is 4.84. The van der Waals surface area contributed by atoms with Gasteiger partial charge in [0.2, 0.25) is 0 Å².